The zero-order valence-electron chi connectivity index (χ0n) is 14.3. The Kier molecular flexibility index (Phi) is 5.18. The maximum Gasteiger partial charge on any atom is 0.274 e. The Labute approximate surface area is 152 Å². The second-order valence-electron chi connectivity index (χ2n) is 5.84. The molecule has 0 aliphatic heterocycles. The molecule has 1 amide bonds. The Hall–Kier alpha value is -2.93. The minimum atomic E-state index is -3.33. The smallest absolute Gasteiger partial charge is 0.274 e. The number of amides is 1. The molecule has 0 radical (unpaired) electrons. The summed E-state index contributed by atoms with van der Waals surface area (Å²) in [6.45, 7) is 1.80. The van der Waals surface area contributed by atoms with Crippen LogP contribution in [-0.2, 0) is 10.0 Å². The van der Waals surface area contributed by atoms with Gasteiger partial charge in [0, 0.05) is 16.8 Å². The van der Waals surface area contributed by atoms with Crippen LogP contribution in [0.2, 0.25) is 0 Å². The summed E-state index contributed by atoms with van der Waals surface area (Å²) in [4.78, 5) is 16.7. The van der Waals surface area contributed by atoms with Crippen LogP contribution in [0.1, 0.15) is 23.8 Å². The van der Waals surface area contributed by atoms with Gasteiger partial charge in [-0.15, -0.1) is 0 Å². The van der Waals surface area contributed by atoms with Gasteiger partial charge in [0.25, 0.3) is 5.91 Å². The molecule has 3 aromatic rings. The molecular weight excluding hydrogens is 350 g/mol. The SMILES string of the molecule is CCCS(=O)(=O)Nc1ccc(NC(=O)c2ccc3ccccc3n2)cc1. The fraction of sp³-hybridized carbons (Fsp3) is 0.158. The fourth-order valence-corrected chi connectivity index (χ4v) is 3.64. The first-order chi connectivity index (χ1) is 12.5. The molecule has 2 N–H and O–H groups in total. The molecule has 1 heterocycles. The summed E-state index contributed by atoms with van der Waals surface area (Å²) in [6, 6.07) is 17.6. The standard InChI is InChI=1S/C19H19N3O3S/c1-2-13-26(24,25)22-16-10-8-15(9-11-16)20-19(23)18-12-7-14-5-3-4-6-17(14)21-18/h3-12,22H,2,13H2,1H3,(H,20,23). The minimum absolute atomic E-state index is 0.0686. The molecule has 134 valence electrons. The predicted octanol–water partition coefficient (Wildman–Crippen LogP) is 3.64. The molecule has 0 saturated heterocycles. The van der Waals surface area contributed by atoms with Crippen molar-refractivity contribution in [3.63, 3.8) is 0 Å². The number of rotatable bonds is 6. The number of hydrogen-bond donors (Lipinski definition) is 2. The second kappa shape index (κ2) is 7.53. The van der Waals surface area contributed by atoms with Gasteiger partial charge in [0.05, 0.1) is 11.3 Å². The van der Waals surface area contributed by atoms with Crippen molar-refractivity contribution in [1.82, 2.24) is 4.98 Å². The lowest BCUT2D eigenvalue weighted by molar-refractivity contribution is 0.102. The van der Waals surface area contributed by atoms with Crippen molar-refractivity contribution in [3.05, 3.63) is 66.4 Å². The molecule has 3 rings (SSSR count). The van der Waals surface area contributed by atoms with E-state index in [4.69, 9.17) is 0 Å². The van der Waals surface area contributed by atoms with Gasteiger partial charge in [0.2, 0.25) is 10.0 Å². The molecule has 26 heavy (non-hydrogen) atoms. The van der Waals surface area contributed by atoms with E-state index in [0.29, 0.717) is 23.5 Å². The topological polar surface area (TPSA) is 88.2 Å². The average molecular weight is 369 g/mol. The highest BCUT2D eigenvalue weighted by Crippen LogP contribution is 2.17. The number of pyridine rings is 1. The highest BCUT2D eigenvalue weighted by Gasteiger charge is 2.10. The number of sulfonamides is 1. The van der Waals surface area contributed by atoms with E-state index in [1.54, 1.807) is 37.3 Å². The molecule has 0 unspecified atom stereocenters. The first-order valence-corrected chi connectivity index (χ1v) is 9.90. The third-order valence-corrected chi connectivity index (χ3v) is 5.21. The van der Waals surface area contributed by atoms with E-state index in [9.17, 15) is 13.2 Å². The van der Waals surface area contributed by atoms with Crippen LogP contribution in [0, 0.1) is 0 Å². The maximum atomic E-state index is 12.4. The summed E-state index contributed by atoms with van der Waals surface area (Å²) in [5.41, 5.74) is 2.08. The summed E-state index contributed by atoms with van der Waals surface area (Å²) in [7, 11) is -3.33. The van der Waals surface area contributed by atoms with Crippen LogP contribution in [0.25, 0.3) is 10.9 Å². The van der Waals surface area contributed by atoms with Crippen LogP contribution in [0.15, 0.2) is 60.7 Å². The number of para-hydroxylation sites is 1. The number of hydrogen-bond acceptors (Lipinski definition) is 4. The quantitative estimate of drug-likeness (QED) is 0.694. The van der Waals surface area contributed by atoms with Crippen molar-refractivity contribution in [2.75, 3.05) is 15.8 Å². The van der Waals surface area contributed by atoms with Gasteiger partial charge in [-0.1, -0.05) is 31.2 Å². The maximum absolute atomic E-state index is 12.4. The molecule has 0 fully saturated rings. The Bertz CT molecular complexity index is 1030. The molecule has 0 saturated carbocycles. The van der Waals surface area contributed by atoms with Gasteiger partial charge < -0.3 is 5.32 Å². The van der Waals surface area contributed by atoms with Crippen LogP contribution in [0.3, 0.4) is 0 Å². The number of aromatic nitrogens is 1. The van der Waals surface area contributed by atoms with E-state index in [-0.39, 0.29) is 11.7 Å². The number of nitrogens with one attached hydrogen (secondary N) is 2. The van der Waals surface area contributed by atoms with Crippen LogP contribution in [-0.4, -0.2) is 25.1 Å². The molecule has 0 atom stereocenters. The van der Waals surface area contributed by atoms with E-state index >= 15 is 0 Å². The highest BCUT2D eigenvalue weighted by molar-refractivity contribution is 7.92. The van der Waals surface area contributed by atoms with Gasteiger partial charge >= 0.3 is 0 Å². The number of carbonyl (C=O) groups excluding carboxylic acids is 1. The van der Waals surface area contributed by atoms with Crippen molar-refractivity contribution < 1.29 is 13.2 Å². The fourth-order valence-electron chi connectivity index (χ4n) is 2.51. The van der Waals surface area contributed by atoms with Crippen molar-refractivity contribution in [2.24, 2.45) is 0 Å². The second-order valence-corrected chi connectivity index (χ2v) is 7.68. The molecule has 0 bridgehead atoms. The van der Waals surface area contributed by atoms with Crippen LogP contribution in [0.5, 0.6) is 0 Å². The normalized spacial score (nSPS) is 11.3. The molecule has 6 nitrogen and oxygen atoms in total. The molecule has 2 aromatic carbocycles. The summed E-state index contributed by atoms with van der Waals surface area (Å²) >= 11 is 0. The molecule has 0 aliphatic rings. The van der Waals surface area contributed by atoms with Crippen molar-refractivity contribution in [1.29, 1.82) is 0 Å². The van der Waals surface area contributed by atoms with E-state index < -0.39 is 10.0 Å². The minimum Gasteiger partial charge on any atom is -0.321 e. The van der Waals surface area contributed by atoms with E-state index in [1.165, 1.54) is 0 Å². The number of nitrogens with zero attached hydrogens (tertiary/aromatic N) is 1. The number of anilines is 2. The lowest BCUT2D eigenvalue weighted by atomic mass is 10.2. The van der Waals surface area contributed by atoms with Crippen molar-refractivity contribution in [3.8, 4) is 0 Å². The Morgan fingerprint density at radius 2 is 1.65 bits per heavy atom. The summed E-state index contributed by atoms with van der Waals surface area (Å²) in [5.74, 6) is -0.255. The number of fused-ring (bicyclic) bond motifs is 1. The Morgan fingerprint density at radius 3 is 2.38 bits per heavy atom. The first kappa shape index (κ1) is 17.9. The molecule has 7 heteroatoms. The zero-order valence-corrected chi connectivity index (χ0v) is 15.1. The van der Waals surface area contributed by atoms with Gasteiger partial charge in [-0.2, -0.15) is 0 Å². The highest BCUT2D eigenvalue weighted by atomic mass is 32.2. The monoisotopic (exact) mass is 369 g/mol. The summed E-state index contributed by atoms with van der Waals surface area (Å²) in [6.07, 6.45) is 0.544. The Balaban J connectivity index is 1.70. The van der Waals surface area contributed by atoms with Crippen LogP contribution in [0.4, 0.5) is 11.4 Å². The van der Waals surface area contributed by atoms with Gasteiger partial charge in [-0.3, -0.25) is 9.52 Å². The van der Waals surface area contributed by atoms with Crippen molar-refractivity contribution in [2.45, 2.75) is 13.3 Å². The van der Waals surface area contributed by atoms with Crippen LogP contribution < -0.4 is 10.0 Å². The zero-order chi connectivity index (χ0) is 18.6. The van der Waals surface area contributed by atoms with E-state index in [1.807, 2.05) is 30.3 Å². The van der Waals surface area contributed by atoms with Gasteiger partial charge in [0.15, 0.2) is 0 Å². The largest absolute Gasteiger partial charge is 0.321 e. The average Bonchev–Trinajstić information content (AvgIpc) is 2.62. The third kappa shape index (κ3) is 4.37. The molecule has 0 spiro atoms. The van der Waals surface area contributed by atoms with Gasteiger partial charge in [-0.05, 0) is 42.8 Å². The third-order valence-electron chi connectivity index (χ3n) is 3.72. The predicted molar refractivity (Wildman–Crippen MR) is 104 cm³/mol. The molecule has 0 aliphatic carbocycles. The number of benzene rings is 2. The Morgan fingerprint density at radius 1 is 0.962 bits per heavy atom. The number of carbonyl (C=O) groups is 1. The van der Waals surface area contributed by atoms with E-state index in [0.717, 1.165) is 10.9 Å². The first-order valence-electron chi connectivity index (χ1n) is 8.24. The molecule has 1 aromatic heterocycles. The van der Waals surface area contributed by atoms with Crippen molar-refractivity contribution >= 4 is 38.2 Å². The van der Waals surface area contributed by atoms with Gasteiger partial charge in [0.1, 0.15) is 5.69 Å². The van der Waals surface area contributed by atoms with E-state index in [2.05, 4.69) is 15.0 Å². The lowest BCUT2D eigenvalue weighted by Crippen LogP contribution is -2.16. The van der Waals surface area contributed by atoms with Gasteiger partial charge in [-0.25, -0.2) is 13.4 Å². The van der Waals surface area contributed by atoms with Crippen LogP contribution >= 0.6 is 0 Å². The summed E-state index contributed by atoms with van der Waals surface area (Å²) in [5, 5.41) is 3.72. The summed E-state index contributed by atoms with van der Waals surface area (Å²) < 4.78 is 26.0. The lowest BCUT2D eigenvalue weighted by Gasteiger charge is -2.09. The molecular formula is C19H19N3O3S.